The maximum absolute atomic E-state index is 12.8. The van der Waals surface area contributed by atoms with E-state index in [1.54, 1.807) is 28.0 Å². The number of amides is 2. The predicted octanol–water partition coefficient (Wildman–Crippen LogP) is 1.90. The fraction of sp³-hybridized carbons (Fsp3) is 0.474. The number of aromatic nitrogens is 2. The number of carbonyl (C=O) groups excluding carboxylic acids is 2. The van der Waals surface area contributed by atoms with E-state index in [1.807, 2.05) is 11.9 Å². The molecule has 144 valence electrons. The van der Waals surface area contributed by atoms with Crippen LogP contribution in [0.3, 0.4) is 0 Å². The van der Waals surface area contributed by atoms with Crippen LogP contribution in [0.4, 0.5) is 5.82 Å². The summed E-state index contributed by atoms with van der Waals surface area (Å²) in [5, 5.41) is 0. The first-order valence-electron chi connectivity index (χ1n) is 9.25. The molecule has 2 amide bonds. The molecule has 2 aromatic rings. The first-order chi connectivity index (χ1) is 13.1. The van der Waals surface area contributed by atoms with Crippen molar-refractivity contribution in [2.24, 2.45) is 0 Å². The van der Waals surface area contributed by atoms with Gasteiger partial charge in [-0.15, -0.1) is 0 Å². The lowest BCUT2D eigenvalue weighted by atomic mass is 10.2. The van der Waals surface area contributed by atoms with Crippen LogP contribution >= 0.6 is 0 Å². The van der Waals surface area contributed by atoms with E-state index in [-0.39, 0.29) is 11.8 Å². The summed E-state index contributed by atoms with van der Waals surface area (Å²) in [6.07, 6.45) is 5.08. The van der Waals surface area contributed by atoms with Crippen LogP contribution in [0.1, 0.15) is 40.8 Å². The van der Waals surface area contributed by atoms with Crippen molar-refractivity contribution in [3.63, 3.8) is 0 Å². The van der Waals surface area contributed by atoms with E-state index < -0.39 is 0 Å². The lowest BCUT2D eigenvalue weighted by Crippen LogP contribution is -2.50. The second-order valence-corrected chi connectivity index (χ2v) is 6.60. The minimum Gasteiger partial charge on any atom is -0.459 e. The monoisotopic (exact) mass is 371 g/mol. The lowest BCUT2D eigenvalue weighted by Gasteiger charge is -2.34. The highest BCUT2D eigenvalue weighted by atomic mass is 16.3. The number of rotatable bonds is 6. The number of unbranched alkanes of at least 4 members (excludes halogenated alkanes) is 1. The minimum absolute atomic E-state index is 0.132. The summed E-state index contributed by atoms with van der Waals surface area (Å²) in [5.41, 5.74) is 0.383. The SMILES string of the molecule is CCCCN(C)c1cc(C(=O)N2CCN(C(=O)c3ccco3)CC2)ncn1. The Hall–Kier alpha value is -2.90. The quantitative estimate of drug-likeness (QED) is 0.771. The highest BCUT2D eigenvalue weighted by Crippen LogP contribution is 2.14. The number of nitrogens with zero attached hydrogens (tertiary/aromatic N) is 5. The predicted molar refractivity (Wildman–Crippen MR) is 101 cm³/mol. The zero-order chi connectivity index (χ0) is 19.2. The molecule has 1 aliphatic rings. The summed E-state index contributed by atoms with van der Waals surface area (Å²) in [7, 11) is 1.96. The van der Waals surface area contributed by atoms with Gasteiger partial charge in [0.2, 0.25) is 0 Å². The molecule has 1 aliphatic heterocycles. The van der Waals surface area contributed by atoms with E-state index in [0.717, 1.165) is 25.2 Å². The van der Waals surface area contributed by atoms with Gasteiger partial charge in [0.15, 0.2) is 5.76 Å². The van der Waals surface area contributed by atoms with Gasteiger partial charge in [0.1, 0.15) is 17.8 Å². The number of carbonyl (C=O) groups is 2. The number of furan rings is 1. The molecule has 0 aromatic carbocycles. The molecule has 0 radical (unpaired) electrons. The fourth-order valence-corrected chi connectivity index (χ4v) is 3.01. The summed E-state index contributed by atoms with van der Waals surface area (Å²) >= 11 is 0. The van der Waals surface area contributed by atoms with Gasteiger partial charge in [-0.25, -0.2) is 9.97 Å². The standard InChI is InChI=1S/C19H25N5O3/c1-3-4-7-22(2)17-13-15(20-14-21-17)18(25)23-8-10-24(11-9-23)19(26)16-6-5-12-27-16/h5-6,12-14H,3-4,7-11H2,1-2H3. The van der Waals surface area contributed by atoms with Gasteiger partial charge in [0.05, 0.1) is 6.26 Å². The zero-order valence-electron chi connectivity index (χ0n) is 15.8. The van der Waals surface area contributed by atoms with Gasteiger partial charge >= 0.3 is 0 Å². The molecular weight excluding hydrogens is 346 g/mol. The van der Waals surface area contributed by atoms with Crippen molar-refractivity contribution in [1.82, 2.24) is 19.8 Å². The summed E-state index contributed by atoms with van der Waals surface area (Å²) in [6.45, 7) is 4.90. The molecule has 0 unspecified atom stereocenters. The van der Waals surface area contributed by atoms with E-state index in [0.29, 0.717) is 37.6 Å². The smallest absolute Gasteiger partial charge is 0.289 e. The highest BCUT2D eigenvalue weighted by Gasteiger charge is 2.27. The van der Waals surface area contributed by atoms with E-state index in [4.69, 9.17) is 4.42 Å². The zero-order valence-corrected chi connectivity index (χ0v) is 15.8. The van der Waals surface area contributed by atoms with Crippen LogP contribution in [0, 0.1) is 0 Å². The van der Waals surface area contributed by atoms with Crippen molar-refractivity contribution in [2.75, 3.05) is 44.7 Å². The summed E-state index contributed by atoms with van der Waals surface area (Å²) < 4.78 is 5.16. The number of hydrogen-bond donors (Lipinski definition) is 0. The number of anilines is 1. The van der Waals surface area contributed by atoms with Gasteiger partial charge < -0.3 is 19.1 Å². The topological polar surface area (TPSA) is 82.8 Å². The molecule has 1 saturated heterocycles. The molecular formula is C19H25N5O3. The molecule has 1 fully saturated rings. The molecule has 2 aromatic heterocycles. The van der Waals surface area contributed by atoms with Crippen molar-refractivity contribution in [2.45, 2.75) is 19.8 Å². The molecule has 27 heavy (non-hydrogen) atoms. The van der Waals surface area contributed by atoms with Gasteiger partial charge in [-0.2, -0.15) is 0 Å². The Morgan fingerprint density at radius 1 is 1.15 bits per heavy atom. The van der Waals surface area contributed by atoms with Gasteiger partial charge in [0.25, 0.3) is 11.8 Å². The van der Waals surface area contributed by atoms with Crippen LogP contribution in [0.5, 0.6) is 0 Å². The molecule has 0 saturated carbocycles. The second-order valence-electron chi connectivity index (χ2n) is 6.60. The number of piperazine rings is 1. The van der Waals surface area contributed by atoms with Crippen LogP contribution < -0.4 is 4.90 Å². The van der Waals surface area contributed by atoms with Crippen LogP contribution in [0.2, 0.25) is 0 Å². The number of hydrogen-bond acceptors (Lipinski definition) is 6. The van der Waals surface area contributed by atoms with Crippen LogP contribution in [0.15, 0.2) is 35.2 Å². The summed E-state index contributed by atoms with van der Waals surface area (Å²) in [4.78, 5) is 39.0. The van der Waals surface area contributed by atoms with Gasteiger partial charge in [-0.3, -0.25) is 9.59 Å². The van der Waals surface area contributed by atoms with Crippen molar-refractivity contribution < 1.29 is 14.0 Å². The van der Waals surface area contributed by atoms with E-state index in [9.17, 15) is 9.59 Å². The third-order valence-electron chi connectivity index (χ3n) is 4.70. The third kappa shape index (κ3) is 4.45. The largest absolute Gasteiger partial charge is 0.459 e. The maximum atomic E-state index is 12.8. The Balaban J connectivity index is 1.60. The Labute approximate surface area is 158 Å². The molecule has 0 aliphatic carbocycles. The van der Waals surface area contributed by atoms with E-state index in [2.05, 4.69) is 16.9 Å². The summed E-state index contributed by atoms with van der Waals surface area (Å²) in [6, 6.07) is 5.08. The van der Waals surface area contributed by atoms with Crippen LogP contribution in [0.25, 0.3) is 0 Å². The fourth-order valence-electron chi connectivity index (χ4n) is 3.01. The normalized spacial score (nSPS) is 14.3. The third-order valence-corrected chi connectivity index (χ3v) is 4.70. The van der Waals surface area contributed by atoms with E-state index in [1.165, 1.54) is 12.6 Å². The maximum Gasteiger partial charge on any atom is 0.289 e. The lowest BCUT2D eigenvalue weighted by molar-refractivity contribution is 0.0515. The molecule has 0 spiro atoms. The van der Waals surface area contributed by atoms with Crippen molar-refractivity contribution in [3.8, 4) is 0 Å². The first-order valence-corrected chi connectivity index (χ1v) is 9.25. The summed E-state index contributed by atoms with van der Waals surface area (Å²) in [5.74, 6) is 0.792. The van der Waals surface area contributed by atoms with Gasteiger partial charge in [0, 0.05) is 45.8 Å². The molecule has 8 heteroatoms. The van der Waals surface area contributed by atoms with Crippen molar-refractivity contribution in [1.29, 1.82) is 0 Å². The Morgan fingerprint density at radius 2 is 1.85 bits per heavy atom. The molecule has 0 atom stereocenters. The van der Waals surface area contributed by atoms with E-state index >= 15 is 0 Å². The van der Waals surface area contributed by atoms with Gasteiger partial charge in [-0.1, -0.05) is 13.3 Å². The Bertz CT molecular complexity index is 769. The average molecular weight is 371 g/mol. The first kappa shape index (κ1) is 18.9. The molecule has 0 N–H and O–H groups in total. The van der Waals surface area contributed by atoms with Crippen LogP contribution in [-0.4, -0.2) is 71.4 Å². The average Bonchev–Trinajstić information content (AvgIpc) is 3.26. The molecule has 3 heterocycles. The minimum atomic E-state index is -0.144. The van der Waals surface area contributed by atoms with Gasteiger partial charge in [-0.05, 0) is 18.6 Å². The molecule has 3 rings (SSSR count). The van der Waals surface area contributed by atoms with Crippen molar-refractivity contribution in [3.05, 3.63) is 42.2 Å². The second kappa shape index (κ2) is 8.66. The Morgan fingerprint density at radius 3 is 2.48 bits per heavy atom. The van der Waals surface area contributed by atoms with Crippen LogP contribution in [-0.2, 0) is 0 Å². The highest BCUT2D eigenvalue weighted by molar-refractivity contribution is 5.94. The molecule has 0 bridgehead atoms. The Kier molecular flexibility index (Phi) is 6.05. The van der Waals surface area contributed by atoms with Crippen molar-refractivity contribution >= 4 is 17.6 Å². The molecule has 8 nitrogen and oxygen atoms in total.